The van der Waals surface area contributed by atoms with Crippen molar-refractivity contribution in [3.8, 4) is 0 Å². The molecule has 0 atom stereocenters. The molecule has 0 aliphatic carbocycles. The molecular formula is C23H22N2O. The molecule has 1 amide bonds. The molecule has 0 unspecified atom stereocenters. The average molecular weight is 342 g/mol. The lowest BCUT2D eigenvalue weighted by atomic mass is 10.0. The molecule has 4 aromatic rings. The molecule has 0 aliphatic rings. The van der Waals surface area contributed by atoms with Crippen LogP contribution in [0.3, 0.4) is 0 Å². The van der Waals surface area contributed by atoms with Gasteiger partial charge in [-0.3, -0.25) is 4.79 Å². The number of fused-ring (bicyclic) bond motifs is 3. The molecule has 0 saturated carbocycles. The van der Waals surface area contributed by atoms with Crippen molar-refractivity contribution in [3.63, 3.8) is 0 Å². The van der Waals surface area contributed by atoms with Crippen LogP contribution in [0.5, 0.6) is 0 Å². The number of hydrogen-bond acceptors (Lipinski definition) is 1. The number of rotatable bonds is 3. The Balaban J connectivity index is 1.77. The molecule has 3 nitrogen and oxygen atoms in total. The second kappa shape index (κ2) is 6.34. The molecule has 26 heavy (non-hydrogen) atoms. The molecule has 3 heteroatoms. The first-order valence-electron chi connectivity index (χ1n) is 8.98. The van der Waals surface area contributed by atoms with Crippen LogP contribution in [-0.2, 0) is 6.54 Å². The maximum absolute atomic E-state index is 12.7. The Bertz CT molecular complexity index is 1140. The first-order valence-corrected chi connectivity index (χ1v) is 8.98. The van der Waals surface area contributed by atoms with Crippen molar-refractivity contribution in [2.45, 2.75) is 27.3 Å². The van der Waals surface area contributed by atoms with E-state index in [1.165, 1.54) is 21.8 Å². The molecule has 130 valence electrons. The Morgan fingerprint density at radius 3 is 2.50 bits per heavy atom. The second-order valence-electron chi connectivity index (χ2n) is 6.77. The zero-order valence-corrected chi connectivity index (χ0v) is 15.3. The van der Waals surface area contributed by atoms with Gasteiger partial charge in [-0.05, 0) is 56.7 Å². The van der Waals surface area contributed by atoms with E-state index in [0.29, 0.717) is 0 Å². The third-order valence-corrected chi connectivity index (χ3v) is 4.98. The molecule has 4 rings (SSSR count). The van der Waals surface area contributed by atoms with Crippen LogP contribution >= 0.6 is 0 Å². The number of anilines is 1. The lowest BCUT2D eigenvalue weighted by Crippen LogP contribution is -2.13. The van der Waals surface area contributed by atoms with Crippen molar-refractivity contribution >= 4 is 33.4 Å². The molecular weight excluding hydrogens is 320 g/mol. The van der Waals surface area contributed by atoms with Crippen molar-refractivity contribution in [1.29, 1.82) is 0 Å². The van der Waals surface area contributed by atoms with Gasteiger partial charge in [0.1, 0.15) is 0 Å². The summed E-state index contributed by atoms with van der Waals surface area (Å²) in [6.07, 6.45) is 0. The van der Waals surface area contributed by atoms with Crippen molar-refractivity contribution in [1.82, 2.24) is 4.57 Å². The highest BCUT2D eigenvalue weighted by Gasteiger charge is 2.13. The normalized spacial score (nSPS) is 11.2. The van der Waals surface area contributed by atoms with Crippen molar-refractivity contribution in [2.24, 2.45) is 0 Å². The monoisotopic (exact) mass is 342 g/mol. The minimum absolute atomic E-state index is 0.0650. The average Bonchev–Trinajstić information content (AvgIpc) is 2.97. The van der Waals surface area contributed by atoms with Crippen molar-refractivity contribution in [2.75, 3.05) is 5.32 Å². The Morgan fingerprint density at radius 2 is 1.69 bits per heavy atom. The number of nitrogens with one attached hydrogen (secondary N) is 1. The number of aromatic nitrogens is 1. The van der Waals surface area contributed by atoms with Crippen molar-refractivity contribution < 1.29 is 4.79 Å². The van der Waals surface area contributed by atoms with Crippen LogP contribution in [0.1, 0.15) is 28.4 Å². The van der Waals surface area contributed by atoms with Gasteiger partial charge in [0.25, 0.3) is 5.91 Å². The first-order chi connectivity index (χ1) is 12.6. The number of nitrogens with zero attached hydrogens (tertiary/aromatic N) is 1. The zero-order chi connectivity index (χ0) is 18.3. The molecule has 0 radical (unpaired) electrons. The van der Waals surface area contributed by atoms with E-state index in [0.717, 1.165) is 28.9 Å². The molecule has 0 aliphatic heterocycles. The van der Waals surface area contributed by atoms with Gasteiger partial charge in [-0.15, -0.1) is 0 Å². The fourth-order valence-corrected chi connectivity index (χ4v) is 3.65. The Labute approximate surface area is 153 Å². The van der Waals surface area contributed by atoms with Gasteiger partial charge < -0.3 is 9.88 Å². The third kappa shape index (κ3) is 2.66. The summed E-state index contributed by atoms with van der Waals surface area (Å²) in [6.45, 7) is 7.04. The van der Waals surface area contributed by atoms with Gasteiger partial charge in [0.15, 0.2) is 0 Å². The number of carbonyl (C=O) groups is 1. The molecule has 1 aromatic heterocycles. The SMILES string of the molecule is CCn1c2ccccc2c2cc(NC(=O)c3cc(C)ccc3C)ccc21. The number of amides is 1. The van der Waals surface area contributed by atoms with Crippen molar-refractivity contribution in [3.05, 3.63) is 77.4 Å². The number of benzene rings is 3. The Kier molecular flexibility index (Phi) is 4.00. The standard InChI is InChI=1S/C23H22N2O/c1-4-25-21-8-6-5-7-18(21)20-14-17(11-12-22(20)25)24-23(26)19-13-15(2)9-10-16(19)3/h5-14H,4H2,1-3H3,(H,24,26). The van der Waals surface area contributed by atoms with E-state index >= 15 is 0 Å². The van der Waals surface area contributed by atoms with Gasteiger partial charge in [0.05, 0.1) is 0 Å². The highest BCUT2D eigenvalue weighted by atomic mass is 16.1. The minimum atomic E-state index is -0.0650. The van der Waals surface area contributed by atoms with Crippen LogP contribution in [0.2, 0.25) is 0 Å². The summed E-state index contributed by atoms with van der Waals surface area (Å²) < 4.78 is 2.31. The second-order valence-corrected chi connectivity index (χ2v) is 6.77. The number of carbonyl (C=O) groups excluding carboxylic acids is 1. The number of aryl methyl sites for hydroxylation is 3. The zero-order valence-electron chi connectivity index (χ0n) is 15.3. The molecule has 0 fully saturated rings. The van der Waals surface area contributed by atoms with Crippen LogP contribution in [-0.4, -0.2) is 10.5 Å². The fourth-order valence-electron chi connectivity index (χ4n) is 3.65. The maximum atomic E-state index is 12.7. The van der Waals surface area contributed by atoms with Gasteiger partial charge in [0, 0.05) is 39.6 Å². The largest absolute Gasteiger partial charge is 0.341 e. The molecule has 3 aromatic carbocycles. The molecule has 0 spiro atoms. The fraction of sp³-hybridized carbons (Fsp3) is 0.174. The summed E-state index contributed by atoms with van der Waals surface area (Å²) in [6, 6.07) is 20.5. The maximum Gasteiger partial charge on any atom is 0.255 e. The van der Waals surface area contributed by atoms with Gasteiger partial charge in [-0.2, -0.15) is 0 Å². The van der Waals surface area contributed by atoms with Crippen LogP contribution in [0.25, 0.3) is 21.8 Å². The Hall–Kier alpha value is -3.07. The summed E-state index contributed by atoms with van der Waals surface area (Å²) in [5, 5.41) is 5.44. The quantitative estimate of drug-likeness (QED) is 0.510. The summed E-state index contributed by atoms with van der Waals surface area (Å²) in [7, 11) is 0. The number of hydrogen-bond donors (Lipinski definition) is 1. The van der Waals surface area contributed by atoms with E-state index < -0.39 is 0 Å². The smallest absolute Gasteiger partial charge is 0.255 e. The van der Waals surface area contributed by atoms with Gasteiger partial charge in [-0.1, -0.05) is 35.9 Å². The molecule has 1 N–H and O–H groups in total. The summed E-state index contributed by atoms with van der Waals surface area (Å²) in [5.74, 6) is -0.0650. The molecule has 1 heterocycles. The summed E-state index contributed by atoms with van der Waals surface area (Å²) >= 11 is 0. The van der Waals surface area contributed by atoms with Gasteiger partial charge in [-0.25, -0.2) is 0 Å². The predicted octanol–water partition coefficient (Wildman–Crippen LogP) is 5.68. The van der Waals surface area contributed by atoms with Gasteiger partial charge in [0.2, 0.25) is 0 Å². The molecule has 0 saturated heterocycles. The lowest BCUT2D eigenvalue weighted by molar-refractivity contribution is 0.102. The van der Waals surface area contributed by atoms with E-state index in [1.807, 2.05) is 38.1 Å². The number of para-hydroxylation sites is 1. The van der Waals surface area contributed by atoms with E-state index in [1.54, 1.807) is 0 Å². The highest BCUT2D eigenvalue weighted by molar-refractivity contribution is 6.11. The molecule has 0 bridgehead atoms. The minimum Gasteiger partial charge on any atom is -0.341 e. The van der Waals surface area contributed by atoms with Crippen LogP contribution in [0.15, 0.2) is 60.7 Å². The highest BCUT2D eigenvalue weighted by Crippen LogP contribution is 2.31. The van der Waals surface area contributed by atoms with E-state index in [9.17, 15) is 4.79 Å². The summed E-state index contributed by atoms with van der Waals surface area (Å²) in [5.41, 5.74) is 6.03. The first kappa shape index (κ1) is 16.4. The topological polar surface area (TPSA) is 34.0 Å². The van der Waals surface area contributed by atoms with Crippen LogP contribution in [0, 0.1) is 13.8 Å². The predicted molar refractivity (Wildman–Crippen MR) is 109 cm³/mol. The lowest BCUT2D eigenvalue weighted by Gasteiger charge is -2.09. The van der Waals surface area contributed by atoms with Crippen LogP contribution < -0.4 is 5.32 Å². The van der Waals surface area contributed by atoms with Crippen LogP contribution in [0.4, 0.5) is 5.69 Å². The van der Waals surface area contributed by atoms with E-state index in [-0.39, 0.29) is 5.91 Å². The van der Waals surface area contributed by atoms with E-state index in [2.05, 4.69) is 53.2 Å². The van der Waals surface area contributed by atoms with Gasteiger partial charge >= 0.3 is 0 Å². The van der Waals surface area contributed by atoms with E-state index in [4.69, 9.17) is 0 Å². The summed E-state index contributed by atoms with van der Waals surface area (Å²) in [4.78, 5) is 12.7. The third-order valence-electron chi connectivity index (χ3n) is 4.98. The Morgan fingerprint density at radius 1 is 0.923 bits per heavy atom.